The van der Waals surface area contributed by atoms with E-state index in [9.17, 15) is 9.59 Å². The molecule has 2 rings (SSSR count). The normalized spacial score (nSPS) is 18.0. The van der Waals surface area contributed by atoms with Crippen LogP contribution in [0.2, 0.25) is 0 Å². The van der Waals surface area contributed by atoms with Crippen LogP contribution < -0.4 is 5.32 Å². The molecule has 5 heteroatoms. The van der Waals surface area contributed by atoms with Crippen LogP contribution in [0.5, 0.6) is 5.75 Å². The molecule has 0 aliphatic carbocycles. The summed E-state index contributed by atoms with van der Waals surface area (Å²) < 4.78 is 0. The zero-order valence-corrected chi connectivity index (χ0v) is 9.53. The van der Waals surface area contributed by atoms with Crippen molar-refractivity contribution < 1.29 is 14.7 Å². The molecule has 1 fully saturated rings. The van der Waals surface area contributed by atoms with Crippen molar-refractivity contribution in [2.24, 2.45) is 0 Å². The molecule has 0 bridgehead atoms. The summed E-state index contributed by atoms with van der Waals surface area (Å²) in [6, 6.07) is 6.65. The number of aromatic hydroxyl groups is 1. The van der Waals surface area contributed by atoms with E-state index < -0.39 is 0 Å². The Morgan fingerprint density at radius 2 is 1.88 bits per heavy atom. The maximum absolute atomic E-state index is 11.2. The van der Waals surface area contributed by atoms with E-state index in [1.165, 1.54) is 0 Å². The third-order valence-corrected chi connectivity index (χ3v) is 2.90. The Kier molecular flexibility index (Phi) is 3.30. The van der Waals surface area contributed by atoms with E-state index in [0.29, 0.717) is 4.91 Å². The lowest BCUT2D eigenvalue weighted by Crippen LogP contribution is -2.17. The predicted octanol–water partition coefficient (Wildman–Crippen LogP) is 2.27. The first kappa shape index (κ1) is 11.5. The van der Waals surface area contributed by atoms with Gasteiger partial charge in [-0.25, -0.2) is 0 Å². The van der Waals surface area contributed by atoms with Crippen molar-refractivity contribution in [3.05, 3.63) is 46.9 Å². The highest BCUT2D eigenvalue weighted by molar-refractivity contribution is 8.18. The number of imide groups is 1. The maximum atomic E-state index is 11.2. The smallest absolute Gasteiger partial charge is 0.290 e. The van der Waals surface area contributed by atoms with Gasteiger partial charge >= 0.3 is 0 Å². The molecule has 2 amide bonds. The monoisotopic (exact) mass is 247 g/mol. The van der Waals surface area contributed by atoms with E-state index in [0.717, 1.165) is 17.3 Å². The van der Waals surface area contributed by atoms with Gasteiger partial charge in [0, 0.05) is 0 Å². The highest BCUT2D eigenvalue weighted by Crippen LogP contribution is 2.23. The van der Waals surface area contributed by atoms with Gasteiger partial charge in [-0.2, -0.15) is 0 Å². The quantitative estimate of drug-likeness (QED) is 0.787. The van der Waals surface area contributed by atoms with Crippen LogP contribution in [0.3, 0.4) is 0 Å². The molecular formula is C12H9NO3S. The second-order valence-corrected chi connectivity index (χ2v) is 4.34. The van der Waals surface area contributed by atoms with Crippen LogP contribution in [0.25, 0.3) is 6.08 Å². The van der Waals surface area contributed by atoms with Crippen molar-refractivity contribution in [2.45, 2.75) is 0 Å². The summed E-state index contributed by atoms with van der Waals surface area (Å²) in [6.45, 7) is 0. The number of rotatable bonds is 2. The van der Waals surface area contributed by atoms with E-state index in [1.807, 2.05) is 0 Å². The summed E-state index contributed by atoms with van der Waals surface area (Å²) in [5, 5.41) is 10.9. The van der Waals surface area contributed by atoms with Gasteiger partial charge in [0.2, 0.25) is 0 Å². The summed E-state index contributed by atoms with van der Waals surface area (Å²) in [6.07, 6.45) is 5.05. The van der Waals surface area contributed by atoms with Crippen molar-refractivity contribution in [3.8, 4) is 5.75 Å². The number of amides is 2. The minimum absolute atomic E-state index is 0.205. The van der Waals surface area contributed by atoms with Gasteiger partial charge in [-0.3, -0.25) is 14.9 Å². The SMILES string of the molecule is O=C1NC(=O)C(=CC=Cc2ccc(O)cc2)S1. The zero-order valence-electron chi connectivity index (χ0n) is 8.71. The van der Waals surface area contributed by atoms with Crippen LogP contribution in [0.4, 0.5) is 4.79 Å². The molecule has 2 N–H and O–H groups in total. The Bertz CT molecular complexity index is 517. The second-order valence-electron chi connectivity index (χ2n) is 3.33. The summed E-state index contributed by atoms with van der Waals surface area (Å²) in [5.74, 6) is -0.160. The van der Waals surface area contributed by atoms with E-state index in [2.05, 4.69) is 5.32 Å². The zero-order chi connectivity index (χ0) is 12.3. The molecule has 0 saturated carbocycles. The number of phenolic OH excluding ortho intramolecular Hbond substituents is 1. The molecule has 0 spiro atoms. The molecule has 17 heavy (non-hydrogen) atoms. The van der Waals surface area contributed by atoms with Crippen LogP contribution in [0, 0.1) is 0 Å². The van der Waals surface area contributed by atoms with Gasteiger partial charge in [0.05, 0.1) is 4.91 Å². The molecule has 1 aromatic carbocycles. The fourth-order valence-corrected chi connectivity index (χ4v) is 1.90. The van der Waals surface area contributed by atoms with Crippen LogP contribution in [-0.4, -0.2) is 16.3 Å². The summed E-state index contributed by atoms with van der Waals surface area (Å²) in [4.78, 5) is 22.4. The Labute approximate surface area is 102 Å². The third-order valence-electron chi connectivity index (χ3n) is 2.07. The van der Waals surface area contributed by atoms with Crippen molar-refractivity contribution in [1.29, 1.82) is 0 Å². The van der Waals surface area contributed by atoms with Crippen LogP contribution in [0.1, 0.15) is 5.56 Å². The number of thioether (sulfide) groups is 1. The number of carbonyl (C=O) groups is 2. The molecule has 1 aliphatic heterocycles. The average Bonchev–Trinajstić information content (AvgIpc) is 2.60. The standard InChI is InChI=1S/C12H9NO3S/c14-9-6-4-8(5-7-9)2-1-3-10-11(15)13-12(16)17-10/h1-7,14H,(H,13,15,16). The lowest BCUT2D eigenvalue weighted by atomic mass is 10.2. The van der Waals surface area contributed by atoms with Gasteiger partial charge in [-0.15, -0.1) is 0 Å². The number of hydrogen-bond acceptors (Lipinski definition) is 4. The van der Waals surface area contributed by atoms with Gasteiger partial charge < -0.3 is 5.11 Å². The highest BCUT2D eigenvalue weighted by Gasteiger charge is 2.24. The highest BCUT2D eigenvalue weighted by atomic mass is 32.2. The molecule has 0 atom stereocenters. The Morgan fingerprint density at radius 3 is 2.47 bits per heavy atom. The molecule has 1 saturated heterocycles. The molecule has 1 aliphatic rings. The van der Waals surface area contributed by atoms with Gasteiger partial charge in [-0.05, 0) is 35.5 Å². The number of phenols is 1. The molecule has 4 nitrogen and oxygen atoms in total. The van der Waals surface area contributed by atoms with E-state index in [-0.39, 0.29) is 16.9 Å². The van der Waals surface area contributed by atoms with E-state index in [4.69, 9.17) is 5.11 Å². The summed E-state index contributed by atoms with van der Waals surface area (Å²) in [7, 11) is 0. The van der Waals surface area contributed by atoms with Crippen LogP contribution in [-0.2, 0) is 4.79 Å². The topological polar surface area (TPSA) is 66.4 Å². The number of hydrogen-bond donors (Lipinski definition) is 2. The maximum Gasteiger partial charge on any atom is 0.290 e. The lowest BCUT2D eigenvalue weighted by molar-refractivity contribution is -0.115. The van der Waals surface area contributed by atoms with Gasteiger partial charge in [-0.1, -0.05) is 24.3 Å². The van der Waals surface area contributed by atoms with Crippen molar-refractivity contribution >= 4 is 29.0 Å². The number of nitrogens with one attached hydrogen (secondary N) is 1. The number of carbonyl (C=O) groups excluding carboxylic acids is 2. The minimum atomic E-state index is -0.365. The molecule has 0 radical (unpaired) electrons. The lowest BCUT2D eigenvalue weighted by Gasteiger charge is -1.92. The summed E-state index contributed by atoms with van der Waals surface area (Å²) in [5.41, 5.74) is 0.898. The fraction of sp³-hybridized carbons (Fsp3) is 0. The Morgan fingerprint density at radius 1 is 1.18 bits per heavy atom. The first-order valence-corrected chi connectivity index (χ1v) is 5.67. The molecule has 1 aromatic rings. The van der Waals surface area contributed by atoms with E-state index in [1.54, 1.807) is 42.5 Å². The molecule has 86 valence electrons. The van der Waals surface area contributed by atoms with Crippen molar-refractivity contribution in [2.75, 3.05) is 0 Å². The number of benzene rings is 1. The van der Waals surface area contributed by atoms with Crippen molar-refractivity contribution in [3.63, 3.8) is 0 Å². The molecule has 0 unspecified atom stereocenters. The number of allylic oxidation sites excluding steroid dienone is 2. The second kappa shape index (κ2) is 4.88. The molecular weight excluding hydrogens is 238 g/mol. The van der Waals surface area contributed by atoms with Gasteiger partial charge in [0.25, 0.3) is 11.1 Å². The average molecular weight is 247 g/mol. The predicted molar refractivity (Wildman–Crippen MR) is 66.4 cm³/mol. The molecule has 1 heterocycles. The van der Waals surface area contributed by atoms with Crippen LogP contribution in [0.15, 0.2) is 41.3 Å². The Hall–Kier alpha value is -2.01. The summed E-state index contributed by atoms with van der Waals surface area (Å²) >= 11 is 0.882. The van der Waals surface area contributed by atoms with E-state index >= 15 is 0 Å². The largest absolute Gasteiger partial charge is 0.508 e. The molecule has 0 aromatic heterocycles. The van der Waals surface area contributed by atoms with Gasteiger partial charge in [0.15, 0.2) is 0 Å². The fourth-order valence-electron chi connectivity index (χ4n) is 1.27. The van der Waals surface area contributed by atoms with Crippen LogP contribution >= 0.6 is 11.8 Å². The Balaban J connectivity index is 2.07. The van der Waals surface area contributed by atoms with Crippen molar-refractivity contribution in [1.82, 2.24) is 5.32 Å². The minimum Gasteiger partial charge on any atom is -0.508 e. The first-order chi connectivity index (χ1) is 8.15. The first-order valence-electron chi connectivity index (χ1n) is 4.86. The van der Waals surface area contributed by atoms with Gasteiger partial charge in [0.1, 0.15) is 5.75 Å². The third kappa shape index (κ3) is 2.98.